The predicted molar refractivity (Wildman–Crippen MR) is 70.5 cm³/mol. The van der Waals surface area contributed by atoms with Gasteiger partial charge < -0.3 is 5.11 Å². The first kappa shape index (κ1) is 10.3. The van der Waals surface area contributed by atoms with Gasteiger partial charge in [-0.2, -0.15) is 0 Å². The van der Waals surface area contributed by atoms with Crippen LogP contribution < -0.4 is 0 Å². The molecule has 0 heterocycles. The molecule has 0 saturated carbocycles. The molecule has 1 unspecified atom stereocenters. The van der Waals surface area contributed by atoms with Crippen molar-refractivity contribution in [1.29, 1.82) is 0 Å². The van der Waals surface area contributed by atoms with Crippen LogP contribution in [0.5, 0.6) is 0 Å². The van der Waals surface area contributed by atoms with E-state index in [1.165, 1.54) is 5.56 Å². The highest BCUT2D eigenvalue weighted by Crippen LogP contribution is 2.39. The van der Waals surface area contributed by atoms with Crippen molar-refractivity contribution < 1.29 is 5.11 Å². The zero-order valence-corrected chi connectivity index (χ0v) is 9.72. The molecular weight excluding hydrogens is 208 g/mol. The number of fused-ring (bicyclic) bond motifs is 1. The van der Waals surface area contributed by atoms with Crippen LogP contribution in [0.15, 0.2) is 48.5 Å². The number of aliphatic hydroxyl groups excluding tert-OH is 1. The quantitative estimate of drug-likeness (QED) is 0.781. The largest absolute Gasteiger partial charge is 0.384 e. The first-order chi connectivity index (χ1) is 8.25. The molecule has 0 amide bonds. The Morgan fingerprint density at radius 1 is 0.941 bits per heavy atom. The Labute approximate surface area is 101 Å². The van der Waals surface area contributed by atoms with E-state index in [2.05, 4.69) is 37.3 Å². The number of aliphatic hydroxyl groups is 1. The summed E-state index contributed by atoms with van der Waals surface area (Å²) in [6.45, 7) is 2.07. The van der Waals surface area contributed by atoms with Crippen LogP contribution in [0.4, 0.5) is 0 Å². The van der Waals surface area contributed by atoms with Gasteiger partial charge in [0, 0.05) is 0 Å². The van der Waals surface area contributed by atoms with Crippen molar-refractivity contribution in [3.8, 4) is 0 Å². The minimum absolute atomic E-state index is 0.492. The third-order valence-corrected chi connectivity index (χ3v) is 3.28. The Balaban J connectivity index is 2.05. The molecule has 0 aromatic heterocycles. The average molecular weight is 222 g/mol. The zero-order chi connectivity index (χ0) is 11.8. The number of hydrogen-bond acceptors (Lipinski definition) is 1. The molecule has 0 saturated heterocycles. The van der Waals surface area contributed by atoms with Crippen LogP contribution in [0.3, 0.4) is 0 Å². The van der Waals surface area contributed by atoms with E-state index in [0.29, 0.717) is 0 Å². The first-order valence-electron chi connectivity index (χ1n) is 5.81. The summed E-state index contributed by atoms with van der Waals surface area (Å²) in [5.74, 6) is 0. The minimum atomic E-state index is -0.492. The minimum Gasteiger partial charge on any atom is -0.384 e. The highest BCUT2D eigenvalue weighted by atomic mass is 16.3. The second-order valence-corrected chi connectivity index (χ2v) is 4.50. The monoisotopic (exact) mass is 222 g/mol. The summed E-state index contributed by atoms with van der Waals surface area (Å²) in [6, 6.07) is 16.3. The van der Waals surface area contributed by atoms with Crippen LogP contribution in [0.2, 0.25) is 0 Å². The van der Waals surface area contributed by atoms with Gasteiger partial charge in [-0.05, 0) is 35.3 Å². The number of aryl methyl sites for hydroxylation is 1. The van der Waals surface area contributed by atoms with Crippen LogP contribution in [-0.4, -0.2) is 5.11 Å². The Morgan fingerprint density at radius 3 is 2.35 bits per heavy atom. The van der Waals surface area contributed by atoms with Gasteiger partial charge in [-0.25, -0.2) is 0 Å². The van der Waals surface area contributed by atoms with Gasteiger partial charge in [0.05, 0.1) is 0 Å². The van der Waals surface area contributed by atoms with Gasteiger partial charge in [0.1, 0.15) is 6.10 Å². The molecule has 1 atom stereocenters. The lowest BCUT2D eigenvalue weighted by Crippen LogP contribution is -1.96. The van der Waals surface area contributed by atoms with E-state index in [9.17, 15) is 5.11 Å². The second-order valence-electron chi connectivity index (χ2n) is 4.50. The van der Waals surface area contributed by atoms with Gasteiger partial charge in [0.15, 0.2) is 0 Å². The molecule has 0 radical (unpaired) electrons. The van der Waals surface area contributed by atoms with Crippen molar-refractivity contribution in [1.82, 2.24) is 0 Å². The van der Waals surface area contributed by atoms with Crippen molar-refractivity contribution in [2.24, 2.45) is 0 Å². The Hall–Kier alpha value is -1.86. The lowest BCUT2D eigenvalue weighted by atomic mass is 10.00. The fourth-order valence-corrected chi connectivity index (χ4v) is 2.29. The molecule has 1 N–H and O–H groups in total. The summed E-state index contributed by atoms with van der Waals surface area (Å²) in [6.07, 6.45) is 1.58. The van der Waals surface area contributed by atoms with Gasteiger partial charge in [-0.3, -0.25) is 0 Å². The highest BCUT2D eigenvalue weighted by Gasteiger charge is 2.23. The van der Waals surface area contributed by atoms with Gasteiger partial charge in [-0.15, -0.1) is 0 Å². The van der Waals surface area contributed by atoms with E-state index in [0.717, 1.165) is 22.3 Å². The predicted octanol–water partition coefficient (Wildman–Crippen LogP) is 3.58. The standard InChI is InChI=1S/C16H14O/c1-11-6-8-12(9-7-11)15-10-13-4-2-3-5-14(13)16(15)17/h2-10,16-17H,1H3. The lowest BCUT2D eigenvalue weighted by molar-refractivity contribution is 0.241. The molecular formula is C16H14O. The van der Waals surface area contributed by atoms with Crippen LogP contribution in [0, 0.1) is 6.92 Å². The Kier molecular flexibility index (Phi) is 2.34. The normalized spacial score (nSPS) is 17.8. The molecule has 1 aliphatic rings. The van der Waals surface area contributed by atoms with Crippen LogP contribution in [-0.2, 0) is 0 Å². The average Bonchev–Trinajstić information content (AvgIpc) is 2.69. The molecule has 1 heteroatoms. The van der Waals surface area contributed by atoms with Crippen molar-refractivity contribution in [3.63, 3.8) is 0 Å². The summed E-state index contributed by atoms with van der Waals surface area (Å²) in [5, 5.41) is 10.3. The van der Waals surface area contributed by atoms with E-state index in [1.807, 2.05) is 24.3 Å². The van der Waals surface area contributed by atoms with Crippen LogP contribution >= 0.6 is 0 Å². The molecule has 0 fully saturated rings. The maximum absolute atomic E-state index is 10.3. The molecule has 0 spiro atoms. The fraction of sp³-hybridized carbons (Fsp3) is 0.125. The third-order valence-electron chi connectivity index (χ3n) is 3.28. The summed E-state index contributed by atoms with van der Waals surface area (Å²) in [5.41, 5.74) is 5.45. The van der Waals surface area contributed by atoms with Crippen molar-refractivity contribution in [2.75, 3.05) is 0 Å². The SMILES string of the molecule is Cc1ccc(C2=Cc3ccccc3C2O)cc1. The smallest absolute Gasteiger partial charge is 0.105 e. The Morgan fingerprint density at radius 2 is 1.65 bits per heavy atom. The third kappa shape index (κ3) is 1.69. The molecule has 2 aromatic carbocycles. The number of hydrogen-bond donors (Lipinski definition) is 1. The molecule has 2 aromatic rings. The van der Waals surface area contributed by atoms with E-state index >= 15 is 0 Å². The van der Waals surface area contributed by atoms with Gasteiger partial charge >= 0.3 is 0 Å². The molecule has 1 nitrogen and oxygen atoms in total. The van der Waals surface area contributed by atoms with Gasteiger partial charge in [-0.1, -0.05) is 54.1 Å². The molecule has 0 bridgehead atoms. The summed E-state index contributed by atoms with van der Waals surface area (Å²) < 4.78 is 0. The van der Waals surface area contributed by atoms with Crippen molar-refractivity contribution in [2.45, 2.75) is 13.0 Å². The molecule has 1 aliphatic carbocycles. The van der Waals surface area contributed by atoms with Crippen LogP contribution in [0.1, 0.15) is 28.4 Å². The zero-order valence-electron chi connectivity index (χ0n) is 9.72. The molecule has 3 rings (SSSR count). The number of rotatable bonds is 1. The molecule has 0 aliphatic heterocycles. The van der Waals surface area contributed by atoms with Gasteiger partial charge in [0.2, 0.25) is 0 Å². The summed E-state index contributed by atoms with van der Waals surface area (Å²) in [4.78, 5) is 0. The Bertz CT molecular complexity index is 579. The fourth-order valence-electron chi connectivity index (χ4n) is 2.29. The summed E-state index contributed by atoms with van der Waals surface area (Å²) >= 11 is 0. The van der Waals surface area contributed by atoms with Crippen molar-refractivity contribution >= 4 is 11.6 Å². The van der Waals surface area contributed by atoms with E-state index in [4.69, 9.17) is 0 Å². The maximum atomic E-state index is 10.3. The highest BCUT2D eigenvalue weighted by molar-refractivity contribution is 5.90. The number of benzene rings is 2. The van der Waals surface area contributed by atoms with E-state index in [1.54, 1.807) is 0 Å². The lowest BCUT2D eigenvalue weighted by Gasteiger charge is -2.10. The van der Waals surface area contributed by atoms with E-state index in [-0.39, 0.29) is 0 Å². The second kappa shape index (κ2) is 3.86. The summed E-state index contributed by atoms with van der Waals surface area (Å²) in [7, 11) is 0. The maximum Gasteiger partial charge on any atom is 0.105 e. The topological polar surface area (TPSA) is 20.2 Å². The van der Waals surface area contributed by atoms with Crippen molar-refractivity contribution in [3.05, 3.63) is 70.8 Å². The van der Waals surface area contributed by atoms with Gasteiger partial charge in [0.25, 0.3) is 0 Å². The molecule has 17 heavy (non-hydrogen) atoms. The first-order valence-corrected chi connectivity index (χ1v) is 5.81. The van der Waals surface area contributed by atoms with E-state index < -0.39 is 6.10 Å². The molecule has 84 valence electrons. The van der Waals surface area contributed by atoms with Crippen LogP contribution in [0.25, 0.3) is 11.6 Å².